The first-order valence-electron chi connectivity index (χ1n) is 11.5. The van der Waals surface area contributed by atoms with Crippen LogP contribution in [0.2, 0.25) is 15.1 Å². The van der Waals surface area contributed by atoms with Crippen LogP contribution in [0.5, 0.6) is 0 Å². The molecule has 1 aromatic heterocycles. The van der Waals surface area contributed by atoms with Gasteiger partial charge in [-0.25, -0.2) is 0 Å². The van der Waals surface area contributed by atoms with E-state index in [-0.39, 0.29) is 32.8 Å². The first kappa shape index (κ1) is 30.3. The molecule has 2 aromatic carbocycles. The van der Waals surface area contributed by atoms with Crippen molar-refractivity contribution in [3.05, 3.63) is 72.9 Å². The molecule has 0 unspecified atom stereocenters. The molecule has 3 N–H and O–H groups in total. The van der Waals surface area contributed by atoms with Gasteiger partial charge in [-0.3, -0.25) is 9.59 Å². The Hall–Kier alpha value is -2.21. The van der Waals surface area contributed by atoms with Crippen LogP contribution in [0.15, 0.2) is 41.8 Å². The van der Waals surface area contributed by atoms with Crippen LogP contribution in [-0.2, 0) is 25.6 Å². The van der Waals surface area contributed by atoms with Crippen LogP contribution in [0.4, 0.5) is 5.69 Å². The number of ether oxygens (including phenoxy) is 4. The summed E-state index contributed by atoms with van der Waals surface area (Å²) in [5.41, 5.74) is 7.74. The first-order chi connectivity index (χ1) is 18.3. The van der Waals surface area contributed by atoms with Crippen LogP contribution in [0, 0.1) is 0 Å². The summed E-state index contributed by atoms with van der Waals surface area (Å²) in [7, 11) is 1.62. The zero-order valence-corrected chi connectivity index (χ0v) is 23.6. The first-order valence-corrected chi connectivity index (χ1v) is 13.5. The topological polar surface area (TPSA) is 109 Å². The molecule has 3 rings (SSSR count). The molecule has 1 heterocycles. The quantitative estimate of drug-likeness (QED) is 0.209. The van der Waals surface area contributed by atoms with Gasteiger partial charge in [-0.15, -0.1) is 11.3 Å². The number of nitrogens with one attached hydrogen (secondary N) is 1. The van der Waals surface area contributed by atoms with E-state index in [1.807, 2.05) is 0 Å². The van der Waals surface area contributed by atoms with E-state index in [9.17, 15) is 9.59 Å². The fraction of sp³-hybridized carbons (Fsp3) is 0.308. The van der Waals surface area contributed by atoms with Gasteiger partial charge >= 0.3 is 0 Å². The summed E-state index contributed by atoms with van der Waals surface area (Å²) in [6.07, 6.45) is 0. The Bertz CT molecular complexity index is 1240. The normalized spacial score (nSPS) is 11.1. The maximum atomic E-state index is 13.2. The van der Waals surface area contributed by atoms with E-state index in [1.54, 1.807) is 42.8 Å². The number of primary amides is 1. The molecule has 12 heteroatoms. The van der Waals surface area contributed by atoms with Gasteiger partial charge in [0.1, 0.15) is 4.88 Å². The van der Waals surface area contributed by atoms with Crippen molar-refractivity contribution in [2.75, 3.05) is 52.1 Å². The molecule has 0 fully saturated rings. The lowest BCUT2D eigenvalue weighted by Gasteiger charge is -2.15. The third kappa shape index (κ3) is 8.65. The smallest absolute Gasteiger partial charge is 0.267 e. The van der Waals surface area contributed by atoms with Crippen molar-refractivity contribution in [3.63, 3.8) is 0 Å². The van der Waals surface area contributed by atoms with E-state index in [1.165, 1.54) is 6.07 Å². The van der Waals surface area contributed by atoms with Gasteiger partial charge in [0, 0.05) is 28.3 Å². The second-order valence-corrected chi connectivity index (χ2v) is 10.0. The number of benzene rings is 2. The fourth-order valence-corrected chi connectivity index (χ4v) is 4.93. The SMILES string of the molecule is COCCOCCOCCOCc1csc(C(=O)Nc2c(C(N)=O)cc(Cl)cc2-c2ccc(Cl)cc2)c1Cl. The lowest BCUT2D eigenvalue weighted by molar-refractivity contribution is 0.000914. The van der Waals surface area contributed by atoms with Crippen molar-refractivity contribution in [1.82, 2.24) is 0 Å². The Morgan fingerprint density at radius 1 is 0.895 bits per heavy atom. The second-order valence-electron chi connectivity index (χ2n) is 7.88. The number of nitrogens with two attached hydrogens (primary N) is 1. The molecule has 3 aromatic rings. The average molecular weight is 602 g/mol. The standard InChI is InChI=1S/C26H27Cl3N2O6S/c1-34-6-7-35-8-9-36-10-11-37-14-17-15-38-24(22(17)29)26(33)31-23-20(16-2-4-18(27)5-3-16)12-19(28)13-21(23)25(30)32/h2-5,12-13,15H,6-11,14H2,1H3,(H2,30,32)(H,31,33). The lowest BCUT2D eigenvalue weighted by atomic mass is 9.99. The largest absolute Gasteiger partial charge is 0.382 e. The molecule has 2 amide bonds. The summed E-state index contributed by atoms with van der Waals surface area (Å²) in [4.78, 5) is 25.7. The van der Waals surface area contributed by atoms with Gasteiger partial charge in [-0.2, -0.15) is 0 Å². The van der Waals surface area contributed by atoms with Gasteiger partial charge in [0.2, 0.25) is 0 Å². The molecule has 0 aliphatic heterocycles. The van der Waals surface area contributed by atoms with Gasteiger partial charge < -0.3 is 30.0 Å². The van der Waals surface area contributed by atoms with Crippen LogP contribution >= 0.6 is 46.1 Å². The Labute approximate surface area is 239 Å². The molecular formula is C26H27Cl3N2O6S. The third-order valence-electron chi connectivity index (χ3n) is 5.20. The molecule has 38 heavy (non-hydrogen) atoms. The number of methoxy groups -OCH3 is 1. The van der Waals surface area contributed by atoms with E-state index >= 15 is 0 Å². The van der Waals surface area contributed by atoms with Gasteiger partial charge in [0.25, 0.3) is 11.8 Å². The van der Waals surface area contributed by atoms with Crippen molar-refractivity contribution in [1.29, 1.82) is 0 Å². The summed E-state index contributed by atoms with van der Waals surface area (Å²) in [6.45, 7) is 2.94. The van der Waals surface area contributed by atoms with E-state index in [4.69, 9.17) is 59.5 Å². The molecule has 0 aliphatic rings. The molecule has 0 bridgehead atoms. The minimum absolute atomic E-state index is 0.0659. The number of hydrogen-bond donors (Lipinski definition) is 2. The zero-order valence-electron chi connectivity index (χ0n) is 20.6. The van der Waals surface area contributed by atoms with E-state index < -0.39 is 11.8 Å². The maximum Gasteiger partial charge on any atom is 0.267 e. The van der Waals surface area contributed by atoms with E-state index in [2.05, 4.69) is 5.32 Å². The number of anilines is 1. The van der Waals surface area contributed by atoms with Crippen molar-refractivity contribution < 1.29 is 28.5 Å². The van der Waals surface area contributed by atoms with Crippen LogP contribution in [0.3, 0.4) is 0 Å². The van der Waals surface area contributed by atoms with Gasteiger partial charge in [0.05, 0.1) is 62.5 Å². The fourth-order valence-electron chi connectivity index (χ4n) is 3.36. The maximum absolute atomic E-state index is 13.2. The predicted molar refractivity (Wildman–Crippen MR) is 151 cm³/mol. The van der Waals surface area contributed by atoms with Crippen LogP contribution in [0.25, 0.3) is 11.1 Å². The van der Waals surface area contributed by atoms with Crippen molar-refractivity contribution in [2.45, 2.75) is 6.61 Å². The highest BCUT2D eigenvalue weighted by atomic mass is 35.5. The highest BCUT2D eigenvalue weighted by molar-refractivity contribution is 7.13. The van der Waals surface area contributed by atoms with E-state index in [0.717, 1.165) is 11.3 Å². The Morgan fingerprint density at radius 3 is 2.16 bits per heavy atom. The number of rotatable bonds is 15. The molecule has 0 aliphatic carbocycles. The number of thiophene rings is 1. The van der Waals surface area contributed by atoms with Gasteiger partial charge in [0.15, 0.2) is 0 Å². The third-order valence-corrected chi connectivity index (χ3v) is 7.24. The predicted octanol–water partition coefficient (Wildman–Crippen LogP) is 5.92. The second kappa shape index (κ2) is 15.4. The lowest BCUT2D eigenvalue weighted by Crippen LogP contribution is -2.19. The Balaban J connectivity index is 1.64. The molecule has 0 spiro atoms. The average Bonchev–Trinajstić information content (AvgIpc) is 3.26. The van der Waals surface area contributed by atoms with Gasteiger partial charge in [-0.1, -0.05) is 46.9 Å². The minimum Gasteiger partial charge on any atom is -0.382 e. The van der Waals surface area contributed by atoms with E-state index in [0.29, 0.717) is 61.4 Å². The van der Waals surface area contributed by atoms with Crippen LogP contribution in [-0.4, -0.2) is 58.6 Å². The highest BCUT2D eigenvalue weighted by Gasteiger charge is 2.22. The summed E-state index contributed by atoms with van der Waals surface area (Å²) in [5.74, 6) is -1.24. The van der Waals surface area contributed by atoms with Crippen molar-refractivity contribution in [2.24, 2.45) is 5.73 Å². The Kier molecular flexibility index (Phi) is 12.3. The summed E-state index contributed by atoms with van der Waals surface area (Å²) >= 11 is 19.9. The number of amides is 2. The Morgan fingerprint density at radius 2 is 1.53 bits per heavy atom. The molecular weight excluding hydrogens is 575 g/mol. The number of hydrogen-bond acceptors (Lipinski definition) is 7. The summed E-state index contributed by atoms with van der Waals surface area (Å²) in [5, 5.41) is 5.64. The van der Waals surface area contributed by atoms with Crippen LogP contribution in [0.1, 0.15) is 25.6 Å². The molecule has 0 radical (unpaired) electrons. The van der Waals surface area contributed by atoms with Crippen molar-refractivity contribution >= 4 is 63.6 Å². The zero-order chi connectivity index (χ0) is 27.5. The summed E-state index contributed by atoms with van der Waals surface area (Å²) in [6, 6.07) is 9.92. The molecule has 8 nitrogen and oxygen atoms in total. The summed E-state index contributed by atoms with van der Waals surface area (Å²) < 4.78 is 21.3. The highest BCUT2D eigenvalue weighted by Crippen LogP contribution is 2.36. The number of carbonyl (C=O) groups excluding carboxylic acids is 2. The molecule has 0 atom stereocenters. The molecule has 204 valence electrons. The monoisotopic (exact) mass is 600 g/mol. The van der Waals surface area contributed by atoms with Crippen LogP contribution < -0.4 is 11.1 Å². The number of carbonyl (C=O) groups is 2. The van der Waals surface area contributed by atoms with Crippen molar-refractivity contribution in [3.8, 4) is 11.1 Å². The van der Waals surface area contributed by atoms with Gasteiger partial charge in [-0.05, 0) is 35.2 Å². The molecule has 0 saturated heterocycles. The molecule has 0 saturated carbocycles. The number of halogens is 3. The minimum atomic E-state index is -0.742.